The number of ether oxygens (including phenoxy) is 1. The van der Waals surface area contributed by atoms with E-state index < -0.39 is 11.7 Å². The van der Waals surface area contributed by atoms with Crippen molar-refractivity contribution in [3.8, 4) is 0 Å². The van der Waals surface area contributed by atoms with Crippen LogP contribution in [-0.4, -0.2) is 49.0 Å². The van der Waals surface area contributed by atoms with Crippen molar-refractivity contribution in [2.24, 2.45) is 0 Å². The van der Waals surface area contributed by atoms with Crippen LogP contribution >= 0.6 is 12.4 Å². The molecule has 0 aliphatic heterocycles. The van der Waals surface area contributed by atoms with Crippen LogP contribution < -0.4 is 11.3 Å². The second-order valence-electron chi connectivity index (χ2n) is 3.62. The third-order valence-electron chi connectivity index (χ3n) is 2.35. The Morgan fingerprint density at radius 3 is 2.79 bits per heavy atom. The molecule has 0 unspecified atom stereocenters. The van der Waals surface area contributed by atoms with Gasteiger partial charge in [0.15, 0.2) is 11.2 Å². The van der Waals surface area contributed by atoms with Crippen LogP contribution in [0.1, 0.15) is 0 Å². The van der Waals surface area contributed by atoms with Gasteiger partial charge in [0.2, 0.25) is 5.95 Å². The van der Waals surface area contributed by atoms with Crippen LogP contribution in [0.25, 0.3) is 11.2 Å². The van der Waals surface area contributed by atoms with E-state index in [2.05, 4.69) is 15.0 Å². The van der Waals surface area contributed by atoms with E-state index in [0.29, 0.717) is 0 Å². The Labute approximate surface area is 113 Å². The van der Waals surface area contributed by atoms with Crippen LogP contribution in [0.15, 0.2) is 11.1 Å². The van der Waals surface area contributed by atoms with E-state index >= 15 is 0 Å². The minimum Gasteiger partial charge on any atom is -0.394 e. The Morgan fingerprint density at radius 1 is 1.47 bits per heavy atom. The Bertz CT molecular complexity index is 594. The van der Waals surface area contributed by atoms with Crippen molar-refractivity contribution < 1.29 is 14.9 Å². The molecule has 0 saturated heterocycles. The third kappa shape index (κ3) is 3.20. The van der Waals surface area contributed by atoms with Crippen molar-refractivity contribution >= 4 is 29.5 Å². The summed E-state index contributed by atoms with van der Waals surface area (Å²) in [5.74, 6) is -0.0184. The molecule has 2 rings (SSSR count). The average molecular weight is 292 g/mol. The van der Waals surface area contributed by atoms with Gasteiger partial charge in [-0.15, -0.1) is 12.4 Å². The predicted molar refractivity (Wildman–Crippen MR) is 68.9 cm³/mol. The van der Waals surface area contributed by atoms with Gasteiger partial charge in [0, 0.05) is 0 Å². The fourth-order valence-electron chi connectivity index (χ4n) is 1.41. The van der Waals surface area contributed by atoms with Crippen LogP contribution in [0.2, 0.25) is 0 Å². The van der Waals surface area contributed by atoms with Gasteiger partial charge in [-0.25, -0.2) is 4.98 Å². The van der Waals surface area contributed by atoms with Gasteiger partial charge in [0.05, 0.1) is 19.5 Å². The topological polar surface area (TPSA) is 139 Å². The summed E-state index contributed by atoms with van der Waals surface area (Å²) in [5.41, 5.74) is 5.43. The number of nitrogens with zero attached hydrogens (tertiary/aromatic N) is 3. The Balaban J connectivity index is 0.00000180. The molecule has 2 aromatic rings. The zero-order valence-corrected chi connectivity index (χ0v) is 10.6. The Kier molecular flexibility index (Phi) is 5.24. The number of anilines is 1. The van der Waals surface area contributed by atoms with Gasteiger partial charge in [-0.05, 0) is 0 Å². The first-order chi connectivity index (χ1) is 8.65. The number of fused-ring (bicyclic) bond motifs is 1. The number of hydrogen-bond donors (Lipinski definition) is 4. The van der Waals surface area contributed by atoms with Gasteiger partial charge in [0.25, 0.3) is 5.56 Å². The number of aliphatic hydroxyl groups is 2. The molecule has 0 radical (unpaired) electrons. The molecule has 10 heteroatoms. The fourth-order valence-corrected chi connectivity index (χ4v) is 1.41. The first-order valence-corrected chi connectivity index (χ1v) is 5.19. The summed E-state index contributed by atoms with van der Waals surface area (Å²) in [6.07, 6.45) is 0.680. The van der Waals surface area contributed by atoms with Crippen molar-refractivity contribution in [1.29, 1.82) is 0 Å². The normalized spacial score (nSPS) is 10.9. The van der Waals surface area contributed by atoms with Crippen molar-refractivity contribution in [2.75, 3.05) is 18.9 Å². The molecule has 0 spiro atoms. The number of aromatic nitrogens is 4. The molecule has 0 atom stereocenters. The van der Waals surface area contributed by atoms with Crippen molar-refractivity contribution in [3.63, 3.8) is 0 Å². The lowest BCUT2D eigenvalue weighted by molar-refractivity contribution is -0.0488. The van der Waals surface area contributed by atoms with Gasteiger partial charge in [0.1, 0.15) is 12.8 Å². The van der Waals surface area contributed by atoms with E-state index in [4.69, 9.17) is 20.7 Å². The highest BCUT2D eigenvalue weighted by atomic mass is 35.5. The summed E-state index contributed by atoms with van der Waals surface area (Å²) in [4.78, 5) is 21.6. The number of hydrogen-bond acceptors (Lipinski definition) is 7. The standard InChI is InChI=1S/C9H13N5O4.ClH/c10-9-12-7-6(8(17)13-9)11-3-14(7)4-18-5(1-15)2-16;/h3,5,15-16H,1-2,4H2,(H3,10,12,13,17);1H. The van der Waals surface area contributed by atoms with Gasteiger partial charge in [-0.3, -0.25) is 14.3 Å². The molecule has 2 aromatic heterocycles. The number of imidazole rings is 1. The molecule has 0 amide bonds. The van der Waals surface area contributed by atoms with Crippen LogP contribution in [0.3, 0.4) is 0 Å². The van der Waals surface area contributed by atoms with E-state index in [-0.39, 0.29) is 49.5 Å². The quantitative estimate of drug-likeness (QED) is 0.523. The molecule has 0 aliphatic carbocycles. The van der Waals surface area contributed by atoms with Crippen molar-refractivity contribution in [3.05, 3.63) is 16.7 Å². The van der Waals surface area contributed by atoms with Crippen LogP contribution in [0, 0.1) is 0 Å². The van der Waals surface area contributed by atoms with Crippen LogP contribution in [-0.2, 0) is 11.5 Å². The number of rotatable bonds is 5. The molecule has 0 aliphatic rings. The van der Waals surface area contributed by atoms with Gasteiger partial charge >= 0.3 is 0 Å². The zero-order chi connectivity index (χ0) is 13.1. The minimum absolute atomic E-state index is 0. The highest BCUT2D eigenvalue weighted by molar-refractivity contribution is 5.85. The summed E-state index contributed by atoms with van der Waals surface area (Å²) in [6.45, 7) is -0.614. The molecule has 2 heterocycles. The monoisotopic (exact) mass is 291 g/mol. The SMILES string of the molecule is Cl.Nc1nc2c(ncn2COC(CO)CO)c(=O)[nH]1. The molecule has 9 nitrogen and oxygen atoms in total. The van der Waals surface area contributed by atoms with E-state index in [0.717, 1.165) is 0 Å². The second kappa shape index (κ2) is 6.48. The molecule has 19 heavy (non-hydrogen) atoms. The minimum atomic E-state index is -0.693. The Hall–Kier alpha value is -1.68. The zero-order valence-electron chi connectivity index (χ0n) is 9.81. The first kappa shape index (κ1) is 15.4. The summed E-state index contributed by atoms with van der Waals surface area (Å²) in [7, 11) is 0. The summed E-state index contributed by atoms with van der Waals surface area (Å²) < 4.78 is 6.66. The Morgan fingerprint density at radius 2 is 2.16 bits per heavy atom. The predicted octanol–water partition coefficient (Wildman–Crippen LogP) is -1.55. The van der Waals surface area contributed by atoms with Gasteiger partial charge < -0.3 is 20.7 Å². The molecule has 5 N–H and O–H groups in total. The molecule has 106 valence electrons. The van der Waals surface area contributed by atoms with Gasteiger partial charge in [-0.2, -0.15) is 4.98 Å². The fraction of sp³-hybridized carbons (Fsp3) is 0.444. The maximum absolute atomic E-state index is 11.5. The molecule has 0 fully saturated rings. The summed E-state index contributed by atoms with van der Waals surface area (Å²) in [5, 5.41) is 17.7. The molecular formula is C9H14ClN5O4. The average Bonchev–Trinajstić information content (AvgIpc) is 2.74. The maximum Gasteiger partial charge on any atom is 0.280 e. The molecule has 0 aromatic carbocycles. The van der Waals surface area contributed by atoms with Crippen molar-refractivity contribution in [1.82, 2.24) is 19.5 Å². The maximum atomic E-state index is 11.5. The number of nitrogen functional groups attached to an aromatic ring is 1. The number of aliphatic hydroxyl groups excluding tert-OH is 2. The lowest BCUT2D eigenvalue weighted by Crippen LogP contribution is -2.23. The van der Waals surface area contributed by atoms with Gasteiger partial charge in [-0.1, -0.05) is 0 Å². The number of nitrogens with one attached hydrogen (secondary N) is 1. The largest absolute Gasteiger partial charge is 0.394 e. The van der Waals surface area contributed by atoms with E-state index in [9.17, 15) is 4.79 Å². The first-order valence-electron chi connectivity index (χ1n) is 5.19. The second-order valence-corrected chi connectivity index (χ2v) is 3.62. The highest BCUT2D eigenvalue weighted by Crippen LogP contribution is 2.07. The van der Waals surface area contributed by atoms with E-state index in [1.165, 1.54) is 10.9 Å². The van der Waals surface area contributed by atoms with Crippen LogP contribution in [0.4, 0.5) is 5.95 Å². The van der Waals surface area contributed by atoms with Crippen LogP contribution in [0.5, 0.6) is 0 Å². The lowest BCUT2D eigenvalue weighted by Gasteiger charge is -2.12. The smallest absolute Gasteiger partial charge is 0.280 e. The molecular weight excluding hydrogens is 278 g/mol. The number of H-pyrrole nitrogens is 1. The van der Waals surface area contributed by atoms with E-state index in [1.54, 1.807) is 0 Å². The van der Waals surface area contributed by atoms with E-state index in [1.807, 2.05) is 0 Å². The van der Waals surface area contributed by atoms with Crippen molar-refractivity contribution in [2.45, 2.75) is 12.8 Å². The highest BCUT2D eigenvalue weighted by Gasteiger charge is 2.11. The summed E-state index contributed by atoms with van der Waals surface area (Å²) >= 11 is 0. The number of nitrogens with two attached hydrogens (primary N) is 1. The number of halogens is 1. The number of aromatic amines is 1. The molecule has 0 saturated carbocycles. The molecule has 0 bridgehead atoms. The third-order valence-corrected chi connectivity index (χ3v) is 2.35. The summed E-state index contributed by atoms with van der Waals surface area (Å²) in [6, 6.07) is 0. The lowest BCUT2D eigenvalue weighted by atomic mass is 10.4.